The zero-order valence-corrected chi connectivity index (χ0v) is 13.8. The van der Waals surface area contributed by atoms with Crippen molar-refractivity contribution in [1.29, 1.82) is 0 Å². The quantitative estimate of drug-likeness (QED) is 0.790. The van der Waals surface area contributed by atoms with Crippen LogP contribution in [-0.2, 0) is 12.8 Å². The molecule has 1 aromatic heterocycles. The number of benzene rings is 1. The molecule has 0 saturated heterocycles. The third-order valence-corrected chi connectivity index (χ3v) is 3.97. The molecule has 6 nitrogen and oxygen atoms in total. The van der Waals surface area contributed by atoms with Gasteiger partial charge in [-0.1, -0.05) is 6.07 Å². The summed E-state index contributed by atoms with van der Waals surface area (Å²) in [4.78, 5) is 16.5. The number of anilines is 2. The Kier molecular flexibility index (Phi) is 5.15. The standard InChI is InChI=1S/C18H22N4O2/c1-24-16-8-6-14(7-9-16)22-18(23)20-12-10-15-5-4-13-3-2-11-19-17(13)21-15/h4-9H,2-3,10-12H2,1H3,(H,19,21)(H2,20,22,23). The van der Waals surface area contributed by atoms with Gasteiger partial charge < -0.3 is 20.7 Å². The van der Waals surface area contributed by atoms with Crippen LogP contribution in [0.2, 0.25) is 0 Å². The number of methoxy groups -OCH3 is 1. The number of carbonyl (C=O) groups excluding carboxylic acids is 1. The number of nitrogens with one attached hydrogen (secondary N) is 3. The minimum Gasteiger partial charge on any atom is -0.497 e. The number of ether oxygens (including phenoxy) is 1. The van der Waals surface area contributed by atoms with E-state index in [0.717, 1.165) is 42.3 Å². The van der Waals surface area contributed by atoms with Crippen molar-refractivity contribution in [1.82, 2.24) is 10.3 Å². The smallest absolute Gasteiger partial charge is 0.319 e. The predicted molar refractivity (Wildman–Crippen MR) is 94.8 cm³/mol. The van der Waals surface area contributed by atoms with E-state index in [1.54, 1.807) is 31.4 Å². The molecule has 1 aliphatic rings. The van der Waals surface area contributed by atoms with E-state index in [1.807, 2.05) is 6.07 Å². The zero-order valence-electron chi connectivity index (χ0n) is 13.8. The number of rotatable bonds is 5. The highest BCUT2D eigenvalue weighted by atomic mass is 16.5. The lowest BCUT2D eigenvalue weighted by atomic mass is 10.1. The van der Waals surface area contributed by atoms with Crippen LogP contribution in [0.1, 0.15) is 17.7 Å². The highest BCUT2D eigenvalue weighted by Crippen LogP contribution is 2.19. The number of aryl methyl sites for hydroxylation is 1. The molecule has 0 aliphatic carbocycles. The number of nitrogens with zero attached hydrogens (tertiary/aromatic N) is 1. The maximum Gasteiger partial charge on any atom is 0.319 e. The maximum atomic E-state index is 11.9. The Hall–Kier alpha value is -2.76. The molecule has 0 fully saturated rings. The van der Waals surface area contributed by atoms with Crippen LogP contribution >= 0.6 is 0 Å². The van der Waals surface area contributed by atoms with Gasteiger partial charge in [-0.05, 0) is 48.7 Å². The topological polar surface area (TPSA) is 75.3 Å². The molecule has 0 unspecified atom stereocenters. The molecule has 3 rings (SSSR count). The largest absolute Gasteiger partial charge is 0.497 e. The van der Waals surface area contributed by atoms with Crippen LogP contribution in [-0.4, -0.2) is 31.2 Å². The summed E-state index contributed by atoms with van der Waals surface area (Å²) in [5.41, 5.74) is 2.98. The lowest BCUT2D eigenvalue weighted by Crippen LogP contribution is -2.30. The molecular weight excluding hydrogens is 304 g/mol. The second kappa shape index (κ2) is 7.68. The van der Waals surface area contributed by atoms with Crippen LogP contribution in [0.5, 0.6) is 5.75 Å². The van der Waals surface area contributed by atoms with E-state index in [2.05, 4.69) is 27.0 Å². The molecule has 0 bridgehead atoms. The normalized spacial score (nSPS) is 12.7. The van der Waals surface area contributed by atoms with Gasteiger partial charge in [0.25, 0.3) is 0 Å². The summed E-state index contributed by atoms with van der Waals surface area (Å²) >= 11 is 0. The molecule has 2 amide bonds. The van der Waals surface area contributed by atoms with Crippen molar-refractivity contribution in [2.45, 2.75) is 19.3 Å². The molecule has 126 valence electrons. The van der Waals surface area contributed by atoms with Crippen LogP contribution in [0.3, 0.4) is 0 Å². The Morgan fingerprint density at radius 3 is 2.88 bits per heavy atom. The molecule has 1 aromatic carbocycles. The molecule has 3 N–H and O–H groups in total. The molecule has 24 heavy (non-hydrogen) atoms. The fourth-order valence-electron chi connectivity index (χ4n) is 2.66. The number of hydrogen-bond acceptors (Lipinski definition) is 4. The minimum atomic E-state index is -0.226. The summed E-state index contributed by atoms with van der Waals surface area (Å²) in [7, 11) is 1.61. The summed E-state index contributed by atoms with van der Waals surface area (Å²) in [6, 6.07) is 11.1. The molecule has 1 aliphatic heterocycles. The second-order valence-electron chi connectivity index (χ2n) is 5.70. The molecule has 0 spiro atoms. The first-order chi connectivity index (χ1) is 11.7. The van der Waals surface area contributed by atoms with E-state index >= 15 is 0 Å². The number of urea groups is 1. The van der Waals surface area contributed by atoms with Gasteiger partial charge in [-0.2, -0.15) is 0 Å². The van der Waals surface area contributed by atoms with Crippen molar-refractivity contribution < 1.29 is 9.53 Å². The third-order valence-electron chi connectivity index (χ3n) is 3.97. The molecule has 6 heteroatoms. The predicted octanol–water partition coefficient (Wildman–Crippen LogP) is 2.81. The first kappa shape index (κ1) is 16.1. The van der Waals surface area contributed by atoms with Crippen molar-refractivity contribution in [3.05, 3.63) is 47.7 Å². The van der Waals surface area contributed by atoms with Crippen molar-refractivity contribution in [2.75, 3.05) is 30.8 Å². The first-order valence-corrected chi connectivity index (χ1v) is 8.16. The average Bonchev–Trinajstić information content (AvgIpc) is 2.62. The summed E-state index contributed by atoms with van der Waals surface area (Å²) in [5.74, 6) is 1.74. The maximum absolute atomic E-state index is 11.9. The van der Waals surface area contributed by atoms with Gasteiger partial charge >= 0.3 is 6.03 Å². The molecule has 0 radical (unpaired) electrons. The van der Waals surface area contributed by atoms with Gasteiger partial charge in [0.2, 0.25) is 0 Å². The van der Waals surface area contributed by atoms with Crippen molar-refractivity contribution in [3.63, 3.8) is 0 Å². The number of aromatic nitrogens is 1. The van der Waals surface area contributed by atoms with E-state index in [-0.39, 0.29) is 6.03 Å². The lowest BCUT2D eigenvalue weighted by molar-refractivity contribution is 0.252. The van der Waals surface area contributed by atoms with Gasteiger partial charge in [0.05, 0.1) is 7.11 Å². The fourth-order valence-corrected chi connectivity index (χ4v) is 2.66. The molecule has 0 atom stereocenters. The Morgan fingerprint density at radius 1 is 1.25 bits per heavy atom. The fraction of sp³-hybridized carbons (Fsp3) is 0.333. The Bertz CT molecular complexity index is 701. The third kappa shape index (κ3) is 4.16. The second-order valence-corrected chi connectivity index (χ2v) is 5.70. The van der Waals surface area contributed by atoms with Crippen LogP contribution in [0.4, 0.5) is 16.3 Å². The zero-order chi connectivity index (χ0) is 16.8. The number of hydrogen-bond donors (Lipinski definition) is 3. The minimum absolute atomic E-state index is 0.226. The van der Waals surface area contributed by atoms with E-state index in [1.165, 1.54) is 5.56 Å². The summed E-state index contributed by atoms with van der Waals surface area (Å²) in [5, 5.41) is 8.96. The van der Waals surface area contributed by atoms with Crippen LogP contribution in [0, 0.1) is 0 Å². The number of pyridine rings is 1. The number of carbonyl (C=O) groups is 1. The van der Waals surface area contributed by atoms with Crippen LogP contribution in [0.15, 0.2) is 36.4 Å². The molecule has 0 saturated carbocycles. The highest BCUT2D eigenvalue weighted by Gasteiger charge is 2.10. The number of amides is 2. The van der Waals surface area contributed by atoms with Crippen LogP contribution < -0.4 is 20.7 Å². The molecular formula is C18H22N4O2. The monoisotopic (exact) mass is 326 g/mol. The van der Waals surface area contributed by atoms with Crippen LogP contribution in [0.25, 0.3) is 0 Å². The molecule has 2 heterocycles. The summed E-state index contributed by atoms with van der Waals surface area (Å²) in [6.45, 7) is 1.51. The highest BCUT2D eigenvalue weighted by molar-refractivity contribution is 5.89. The van der Waals surface area contributed by atoms with Gasteiger partial charge in [-0.15, -0.1) is 0 Å². The summed E-state index contributed by atoms with van der Waals surface area (Å²) < 4.78 is 5.09. The van der Waals surface area contributed by atoms with Gasteiger partial charge in [0.1, 0.15) is 11.6 Å². The van der Waals surface area contributed by atoms with Crippen molar-refractivity contribution >= 4 is 17.5 Å². The van der Waals surface area contributed by atoms with Gasteiger partial charge in [-0.25, -0.2) is 9.78 Å². The number of fused-ring (bicyclic) bond motifs is 1. The average molecular weight is 326 g/mol. The molecule has 2 aromatic rings. The van der Waals surface area contributed by atoms with E-state index < -0.39 is 0 Å². The Labute approximate surface area is 141 Å². The Morgan fingerprint density at radius 2 is 2.08 bits per heavy atom. The van der Waals surface area contributed by atoms with Gasteiger partial charge in [0, 0.05) is 30.9 Å². The SMILES string of the molecule is COc1ccc(NC(=O)NCCc2ccc3c(n2)NCCC3)cc1. The van der Waals surface area contributed by atoms with Crippen molar-refractivity contribution in [3.8, 4) is 5.75 Å². The Balaban J connectivity index is 1.46. The van der Waals surface area contributed by atoms with E-state index in [4.69, 9.17) is 4.74 Å². The summed E-state index contributed by atoms with van der Waals surface area (Å²) in [6.07, 6.45) is 2.93. The van der Waals surface area contributed by atoms with E-state index in [0.29, 0.717) is 13.0 Å². The van der Waals surface area contributed by atoms with Crippen molar-refractivity contribution in [2.24, 2.45) is 0 Å². The van der Waals surface area contributed by atoms with Gasteiger partial charge in [-0.3, -0.25) is 0 Å². The van der Waals surface area contributed by atoms with E-state index in [9.17, 15) is 4.79 Å². The lowest BCUT2D eigenvalue weighted by Gasteiger charge is -2.17. The van der Waals surface area contributed by atoms with Gasteiger partial charge in [0.15, 0.2) is 0 Å². The first-order valence-electron chi connectivity index (χ1n) is 8.16.